The zero-order valence-electron chi connectivity index (χ0n) is 60.6. The zero-order chi connectivity index (χ0) is 68.6. The molecule has 0 aromatic carbocycles. The summed E-state index contributed by atoms with van der Waals surface area (Å²) >= 11 is 0. The standard InChI is InChI=1S/C74H144O17P2/c1-7-9-11-13-15-17-18-19-20-21-22-23-24-25-26-27-28-34-40-46-52-58-73(78)90-69(62-85-72(77)57-51-45-39-33-30-29-32-36-42-48-54-66(3)4)64-88-92(80,81)86-60-68(75)61-87-93(82,83)89-65-70(63-84-71(76)56-50-44-38-31-16-14-12-10-8-2)91-74(79)59-53-47-41-35-37-43-49-55-67(5)6/h66-70,75H,7-65H2,1-6H3,(H,80,81)(H,82,83)/t68-,69-,70-/m1/s1. The maximum Gasteiger partial charge on any atom is 0.472 e. The molecule has 93 heavy (non-hydrogen) atoms. The average molecular weight is 1370 g/mol. The van der Waals surface area contributed by atoms with E-state index in [0.29, 0.717) is 31.6 Å². The van der Waals surface area contributed by atoms with Crippen molar-refractivity contribution in [3.63, 3.8) is 0 Å². The van der Waals surface area contributed by atoms with Crippen molar-refractivity contribution in [1.29, 1.82) is 0 Å². The third-order valence-electron chi connectivity index (χ3n) is 17.2. The molecule has 0 bridgehead atoms. The molecule has 0 amide bonds. The molecule has 0 aliphatic heterocycles. The van der Waals surface area contributed by atoms with Gasteiger partial charge in [0.05, 0.1) is 26.4 Å². The molecule has 0 spiro atoms. The zero-order valence-corrected chi connectivity index (χ0v) is 62.3. The molecule has 5 atom stereocenters. The van der Waals surface area contributed by atoms with Crippen molar-refractivity contribution in [2.45, 2.75) is 400 Å². The number of phosphoric acid groups is 2. The second-order valence-electron chi connectivity index (χ2n) is 27.6. The smallest absolute Gasteiger partial charge is 0.462 e. The van der Waals surface area contributed by atoms with Crippen LogP contribution >= 0.6 is 15.6 Å². The number of aliphatic hydroxyl groups excluding tert-OH is 1. The number of rotatable bonds is 73. The highest BCUT2D eigenvalue weighted by molar-refractivity contribution is 7.47. The second kappa shape index (κ2) is 66.0. The molecule has 19 heteroatoms. The molecular weight excluding hydrogens is 1220 g/mol. The predicted molar refractivity (Wildman–Crippen MR) is 377 cm³/mol. The van der Waals surface area contributed by atoms with E-state index in [0.717, 1.165) is 95.8 Å². The molecule has 0 saturated heterocycles. The fraction of sp³-hybridized carbons (Fsp3) is 0.946. The molecule has 0 aliphatic carbocycles. The number of aliphatic hydroxyl groups is 1. The monoisotopic (exact) mass is 1370 g/mol. The van der Waals surface area contributed by atoms with Gasteiger partial charge in [0.2, 0.25) is 0 Å². The normalized spacial score (nSPS) is 14.1. The van der Waals surface area contributed by atoms with Crippen LogP contribution in [0, 0.1) is 11.8 Å². The molecule has 17 nitrogen and oxygen atoms in total. The van der Waals surface area contributed by atoms with Crippen LogP contribution in [0.5, 0.6) is 0 Å². The first-order chi connectivity index (χ1) is 44.9. The summed E-state index contributed by atoms with van der Waals surface area (Å²) in [6, 6.07) is 0. The Bertz CT molecular complexity index is 1800. The summed E-state index contributed by atoms with van der Waals surface area (Å²) in [5.41, 5.74) is 0. The summed E-state index contributed by atoms with van der Waals surface area (Å²) in [4.78, 5) is 72.6. The van der Waals surface area contributed by atoms with Crippen LogP contribution in [0.1, 0.15) is 382 Å². The van der Waals surface area contributed by atoms with Crippen LogP contribution in [-0.4, -0.2) is 96.7 Å². The molecule has 0 aromatic heterocycles. The van der Waals surface area contributed by atoms with Crippen molar-refractivity contribution in [2.24, 2.45) is 11.8 Å². The first kappa shape index (κ1) is 91.1. The van der Waals surface area contributed by atoms with Crippen molar-refractivity contribution in [1.82, 2.24) is 0 Å². The quantitative estimate of drug-likeness (QED) is 0.0222. The van der Waals surface area contributed by atoms with Crippen molar-refractivity contribution >= 4 is 39.5 Å². The Morgan fingerprint density at radius 3 is 0.731 bits per heavy atom. The van der Waals surface area contributed by atoms with Crippen LogP contribution in [0.15, 0.2) is 0 Å². The van der Waals surface area contributed by atoms with Crippen LogP contribution in [0.2, 0.25) is 0 Å². The molecule has 0 saturated carbocycles. The molecular formula is C74H144O17P2. The van der Waals surface area contributed by atoms with Gasteiger partial charge in [-0.05, 0) is 37.5 Å². The molecule has 0 aromatic rings. The van der Waals surface area contributed by atoms with Crippen molar-refractivity contribution < 1.29 is 80.2 Å². The molecule has 552 valence electrons. The van der Waals surface area contributed by atoms with Gasteiger partial charge in [-0.1, -0.05) is 330 Å². The lowest BCUT2D eigenvalue weighted by Gasteiger charge is -2.21. The lowest BCUT2D eigenvalue weighted by Crippen LogP contribution is -2.30. The number of carbonyl (C=O) groups is 4. The van der Waals surface area contributed by atoms with E-state index < -0.39 is 97.5 Å². The number of carbonyl (C=O) groups excluding carboxylic acids is 4. The lowest BCUT2D eigenvalue weighted by atomic mass is 10.0. The minimum absolute atomic E-state index is 0.104. The fourth-order valence-corrected chi connectivity index (χ4v) is 12.9. The molecule has 2 unspecified atom stereocenters. The maximum absolute atomic E-state index is 13.1. The van der Waals surface area contributed by atoms with Gasteiger partial charge in [0.15, 0.2) is 12.2 Å². The number of esters is 4. The number of hydrogen-bond acceptors (Lipinski definition) is 15. The van der Waals surface area contributed by atoms with Gasteiger partial charge in [-0.3, -0.25) is 37.3 Å². The summed E-state index contributed by atoms with van der Waals surface area (Å²) in [6.45, 7) is 9.49. The summed E-state index contributed by atoms with van der Waals surface area (Å²) in [6.07, 6.45) is 53.0. The van der Waals surface area contributed by atoms with Gasteiger partial charge in [0.25, 0.3) is 0 Å². The molecule has 0 heterocycles. The van der Waals surface area contributed by atoms with Crippen molar-refractivity contribution in [3.8, 4) is 0 Å². The molecule has 0 rings (SSSR count). The highest BCUT2D eigenvalue weighted by Crippen LogP contribution is 2.45. The highest BCUT2D eigenvalue weighted by atomic mass is 31.2. The van der Waals surface area contributed by atoms with E-state index in [1.165, 1.54) is 199 Å². The molecule has 0 aliphatic rings. The van der Waals surface area contributed by atoms with Crippen molar-refractivity contribution in [3.05, 3.63) is 0 Å². The second-order valence-corrected chi connectivity index (χ2v) is 30.5. The van der Waals surface area contributed by atoms with Crippen LogP contribution in [0.25, 0.3) is 0 Å². The van der Waals surface area contributed by atoms with E-state index in [1.54, 1.807) is 0 Å². The van der Waals surface area contributed by atoms with Gasteiger partial charge < -0.3 is 33.8 Å². The van der Waals surface area contributed by atoms with Gasteiger partial charge in [-0.25, -0.2) is 9.13 Å². The Kier molecular flexibility index (Phi) is 64.6. The van der Waals surface area contributed by atoms with E-state index in [-0.39, 0.29) is 25.7 Å². The van der Waals surface area contributed by atoms with Crippen LogP contribution in [0.4, 0.5) is 0 Å². The maximum atomic E-state index is 13.1. The topological polar surface area (TPSA) is 237 Å². The minimum atomic E-state index is -4.95. The number of phosphoric ester groups is 2. The predicted octanol–water partition coefficient (Wildman–Crippen LogP) is 21.6. The van der Waals surface area contributed by atoms with Gasteiger partial charge in [-0.15, -0.1) is 0 Å². The Labute approximate surface area is 568 Å². The van der Waals surface area contributed by atoms with Gasteiger partial charge in [0.1, 0.15) is 19.3 Å². The first-order valence-electron chi connectivity index (χ1n) is 38.5. The third kappa shape index (κ3) is 68.4. The van der Waals surface area contributed by atoms with E-state index in [2.05, 4.69) is 41.5 Å². The van der Waals surface area contributed by atoms with E-state index in [9.17, 15) is 43.2 Å². The summed E-state index contributed by atoms with van der Waals surface area (Å²) in [5.74, 6) is -0.669. The number of hydrogen-bond donors (Lipinski definition) is 3. The average Bonchev–Trinajstić information content (AvgIpc) is 2.41. The summed E-state index contributed by atoms with van der Waals surface area (Å²) in [7, 11) is -9.90. The Morgan fingerprint density at radius 2 is 0.495 bits per heavy atom. The number of ether oxygens (including phenoxy) is 4. The summed E-state index contributed by atoms with van der Waals surface area (Å²) < 4.78 is 68.3. The molecule has 0 fully saturated rings. The Morgan fingerprint density at radius 1 is 0.290 bits per heavy atom. The van der Waals surface area contributed by atoms with Crippen molar-refractivity contribution in [2.75, 3.05) is 39.6 Å². The van der Waals surface area contributed by atoms with Gasteiger partial charge >= 0.3 is 39.5 Å². The fourth-order valence-electron chi connectivity index (χ4n) is 11.3. The van der Waals surface area contributed by atoms with Crippen LogP contribution in [-0.2, 0) is 65.4 Å². The Hall–Kier alpha value is -1.94. The molecule has 3 N–H and O–H groups in total. The van der Waals surface area contributed by atoms with E-state index in [1.807, 2.05) is 0 Å². The van der Waals surface area contributed by atoms with Gasteiger partial charge in [-0.2, -0.15) is 0 Å². The highest BCUT2D eigenvalue weighted by Gasteiger charge is 2.30. The minimum Gasteiger partial charge on any atom is -0.462 e. The Balaban J connectivity index is 5.17. The largest absolute Gasteiger partial charge is 0.472 e. The van der Waals surface area contributed by atoms with E-state index in [4.69, 9.17) is 37.0 Å². The summed E-state index contributed by atoms with van der Waals surface area (Å²) in [5, 5.41) is 10.6. The SMILES string of the molecule is CCCCCCCCCCCCCCCCCCCCCCCC(=O)O[C@H](COC(=O)CCCCCCCCCCCCC(C)C)COP(=O)(O)OC[C@@H](O)COP(=O)(O)OC[C@@H](COC(=O)CCCCCCCCCCC)OC(=O)CCCCCCCCCC(C)C. The van der Waals surface area contributed by atoms with Gasteiger partial charge in [0, 0.05) is 25.7 Å². The number of unbranched alkanes of at least 4 members (excludes halogenated alkanes) is 43. The lowest BCUT2D eigenvalue weighted by molar-refractivity contribution is -0.161. The van der Waals surface area contributed by atoms with Crippen LogP contribution in [0.3, 0.4) is 0 Å². The van der Waals surface area contributed by atoms with E-state index >= 15 is 0 Å². The van der Waals surface area contributed by atoms with Crippen LogP contribution < -0.4 is 0 Å². The third-order valence-corrected chi connectivity index (χ3v) is 19.1. The molecule has 0 radical (unpaired) electrons. The first-order valence-corrected chi connectivity index (χ1v) is 41.5.